The molecule has 5 rings (SSSR count). The number of hydrogen-bond donors (Lipinski definition) is 1. The number of anilines is 1. The van der Waals surface area contributed by atoms with Gasteiger partial charge in [-0.1, -0.05) is 47.8 Å². The smallest absolute Gasteiger partial charge is 0.316 e. The van der Waals surface area contributed by atoms with E-state index >= 15 is 0 Å². The molecule has 1 aliphatic heterocycles. The van der Waals surface area contributed by atoms with E-state index in [-0.39, 0.29) is 41.1 Å². The van der Waals surface area contributed by atoms with Gasteiger partial charge >= 0.3 is 5.56 Å². The first-order valence-electron chi connectivity index (χ1n) is 12.4. The van der Waals surface area contributed by atoms with Gasteiger partial charge in [-0.15, -0.1) is 0 Å². The van der Waals surface area contributed by atoms with Crippen molar-refractivity contribution in [3.63, 3.8) is 0 Å². The summed E-state index contributed by atoms with van der Waals surface area (Å²) in [6, 6.07) is 9.98. The van der Waals surface area contributed by atoms with Crippen molar-refractivity contribution >= 4 is 50.7 Å². The molecule has 0 atom stereocenters. The lowest BCUT2D eigenvalue weighted by Gasteiger charge is -2.35. The monoisotopic (exact) mass is 612 g/mol. The summed E-state index contributed by atoms with van der Waals surface area (Å²) in [6.07, 6.45) is 3.67. The van der Waals surface area contributed by atoms with Gasteiger partial charge in [-0.2, -0.15) is 27.2 Å². The van der Waals surface area contributed by atoms with E-state index < -0.39 is 15.8 Å². The van der Waals surface area contributed by atoms with Crippen LogP contribution in [-0.4, -0.2) is 60.3 Å². The van der Waals surface area contributed by atoms with Gasteiger partial charge in [0.05, 0.1) is 18.5 Å². The number of piperazine rings is 1. The van der Waals surface area contributed by atoms with Crippen LogP contribution in [0, 0.1) is 5.41 Å². The number of halogens is 3. The zero-order valence-electron chi connectivity index (χ0n) is 21.1. The van der Waals surface area contributed by atoms with Gasteiger partial charge in [0.25, 0.3) is 10.2 Å². The Labute approximate surface area is 241 Å². The fourth-order valence-electron chi connectivity index (χ4n) is 4.24. The minimum Gasteiger partial charge on any atom is -0.486 e. The van der Waals surface area contributed by atoms with Crippen molar-refractivity contribution in [2.45, 2.75) is 26.3 Å². The molecule has 2 aromatic heterocycles. The number of nitrogens with one attached hydrogen (secondary N) is 1. The molecule has 2 fully saturated rings. The molecule has 1 saturated heterocycles. The van der Waals surface area contributed by atoms with Crippen LogP contribution in [0.25, 0.3) is 5.69 Å². The van der Waals surface area contributed by atoms with E-state index in [2.05, 4.69) is 21.7 Å². The van der Waals surface area contributed by atoms with Crippen LogP contribution in [0.3, 0.4) is 0 Å². The van der Waals surface area contributed by atoms with Gasteiger partial charge in [-0.3, -0.25) is 4.79 Å². The third kappa shape index (κ3) is 6.67. The average Bonchev–Trinajstić information content (AvgIpc) is 3.63. The van der Waals surface area contributed by atoms with Crippen LogP contribution in [-0.2, 0) is 16.8 Å². The lowest BCUT2D eigenvalue weighted by atomic mass is 10.2. The van der Waals surface area contributed by atoms with E-state index in [0.29, 0.717) is 41.7 Å². The number of ether oxygens (including phenoxy) is 1. The van der Waals surface area contributed by atoms with Crippen molar-refractivity contribution in [1.29, 1.82) is 0 Å². The molecule has 0 radical (unpaired) electrons. The van der Waals surface area contributed by atoms with Gasteiger partial charge in [0.1, 0.15) is 16.0 Å². The summed E-state index contributed by atoms with van der Waals surface area (Å²) in [7, 11) is -3.77. The Morgan fingerprint density at radius 2 is 1.74 bits per heavy atom. The maximum Gasteiger partial charge on any atom is 0.316 e. The maximum atomic E-state index is 13.5. The molecule has 14 heteroatoms. The highest BCUT2D eigenvalue weighted by Crippen LogP contribution is 2.45. The molecule has 10 nitrogen and oxygen atoms in total. The van der Waals surface area contributed by atoms with E-state index in [4.69, 9.17) is 39.5 Å². The van der Waals surface area contributed by atoms with E-state index in [1.165, 1.54) is 8.99 Å². The Morgan fingerprint density at radius 3 is 2.38 bits per heavy atom. The highest BCUT2D eigenvalue weighted by atomic mass is 35.5. The summed E-state index contributed by atoms with van der Waals surface area (Å²) >= 11 is 18.0. The Morgan fingerprint density at radius 1 is 1.05 bits per heavy atom. The summed E-state index contributed by atoms with van der Waals surface area (Å²) in [6.45, 7) is 3.67. The van der Waals surface area contributed by atoms with Crippen LogP contribution in [0.1, 0.15) is 25.3 Å². The molecule has 0 bridgehead atoms. The fraction of sp³-hybridized carbons (Fsp3) is 0.400. The third-order valence-corrected chi connectivity index (χ3v) is 9.01. The normalized spacial score (nSPS) is 17.3. The highest BCUT2D eigenvalue weighted by Gasteiger charge is 2.39. The summed E-state index contributed by atoms with van der Waals surface area (Å²) in [5, 5.41) is 5.24. The molecule has 39 heavy (non-hydrogen) atoms. The first-order chi connectivity index (χ1) is 18.5. The zero-order valence-corrected chi connectivity index (χ0v) is 24.2. The topological polar surface area (TPSA) is 110 Å². The molecule has 3 aromatic rings. The quantitative estimate of drug-likeness (QED) is 0.364. The Hall–Kier alpha value is -2.41. The number of nitrogens with zero attached hydrogens (tertiary/aromatic N) is 5. The predicted molar refractivity (Wildman–Crippen MR) is 151 cm³/mol. The van der Waals surface area contributed by atoms with Crippen LogP contribution < -0.4 is 19.9 Å². The Bertz CT molecular complexity index is 1520. The van der Waals surface area contributed by atoms with Crippen LogP contribution >= 0.6 is 34.8 Å². The molecular formula is C25H27Cl3N6O4S. The fourth-order valence-corrected chi connectivity index (χ4v) is 6.10. The summed E-state index contributed by atoms with van der Waals surface area (Å²) in [5.41, 5.74) is 1.31. The lowest BCUT2D eigenvalue weighted by Crippen LogP contribution is -2.52. The molecule has 0 amide bonds. The van der Waals surface area contributed by atoms with Gasteiger partial charge in [-0.05, 0) is 48.7 Å². The largest absolute Gasteiger partial charge is 0.486 e. The van der Waals surface area contributed by atoms with Crippen LogP contribution in [0.2, 0.25) is 15.3 Å². The molecule has 1 saturated carbocycles. The molecule has 3 heterocycles. The standard InChI is InChI=1S/C25H27Cl3N6O4S/c1-25(5-6-25)16-38-23-20(15-29-34(24(23)35)19-4-2-3-18(26)13-19)32-7-9-33(10-8-32)39(36,37)30-14-17-11-21(27)31-22(28)12-17/h2-4,11-13,15,30H,5-10,14,16H2,1H3. The van der Waals surface area contributed by atoms with E-state index in [9.17, 15) is 13.2 Å². The number of benzene rings is 1. The average molecular weight is 614 g/mol. The van der Waals surface area contributed by atoms with Crippen LogP contribution in [0.5, 0.6) is 5.75 Å². The molecule has 208 valence electrons. The Kier molecular flexibility index (Phi) is 8.10. The second kappa shape index (κ2) is 11.2. The summed E-state index contributed by atoms with van der Waals surface area (Å²) < 4.78 is 37.2. The van der Waals surface area contributed by atoms with Crippen LogP contribution in [0.15, 0.2) is 47.4 Å². The Balaban J connectivity index is 1.32. The SMILES string of the molecule is CC1(COc2c(N3CCN(S(=O)(=O)NCc4cc(Cl)nc(Cl)c4)CC3)cnn(-c3cccc(Cl)c3)c2=O)CC1. The van der Waals surface area contributed by atoms with Gasteiger partial charge in [0.15, 0.2) is 0 Å². The number of pyridine rings is 1. The van der Waals surface area contributed by atoms with Gasteiger partial charge in [0, 0.05) is 43.2 Å². The minimum absolute atomic E-state index is 0.0207. The van der Waals surface area contributed by atoms with Crippen molar-refractivity contribution in [1.82, 2.24) is 23.8 Å². The van der Waals surface area contributed by atoms with Crippen molar-refractivity contribution in [3.05, 3.63) is 73.8 Å². The predicted octanol–water partition coefficient (Wildman–Crippen LogP) is 3.92. The number of hydrogen-bond acceptors (Lipinski definition) is 7. The second-order valence-electron chi connectivity index (χ2n) is 9.99. The maximum absolute atomic E-state index is 13.5. The summed E-state index contributed by atoms with van der Waals surface area (Å²) in [5.74, 6) is 0.193. The highest BCUT2D eigenvalue weighted by molar-refractivity contribution is 7.87. The molecule has 1 aliphatic carbocycles. The van der Waals surface area contributed by atoms with Crippen molar-refractivity contribution in [3.8, 4) is 11.4 Å². The number of rotatable bonds is 9. The number of aromatic nitrogens is 3. The molecule has 0 spiro atoms. The second-order valence-corrected chi connectivity index (χ2v) is 13.0. The van der Waals surface area contributed by atoms with Crippen molar-refractivity contribution in [2.24, 2.45) is 5.41 Å². The van der Waals surface area contributed by atoms with E-state index in [0.717, 1.165) is 12.8 Å². The van der Waals surface area contributed by atoms with E-state index in [1.807, 2.05) is 4.90 Å². The molecule has 1 aromatic carbocycles. The van der Waals surface area contributed by atoms with Gasteiger partial charge in [-0.25, -0.2) is 4.98 Å². The van der Waals surface area contributed by atoms with Gasteiger partial charge < -0.3 is 9.64 Å². The van der Waals surface area contributed by atoms with Gasteiger partial charge in [0.2, 0.25) is 5.75 Å². The molecule has 0 unspecified atom stereocenters. The summed E-state index contributed by atoms with van der Waals surface area (Å²) in [4.78, 5) is 19.3. The van der Waals surface area contributed by atoms with Crippen molar-refractivity contribution in [2.75, 3.05) is 37.7 Å². The third-order valence-electron chi connectivity index (χ3n) is 6.84. The minimum atomic E-state index is -3.77. The molecular weight excluding hydrogens is 587 g/mol. The van der Waals surface area contributed by atoms with Crippen molar-refractivity contribution < 1.29 is 13.2 Å². The zero-order chi connectivity index (χ0) is 27.8. The van der Waals surface area contributed by atoms with Crippen LogP contribution in [0.4, 0.5) is 5.69 Å². The lowest BCUT2D eigenvalue weighted by molar-refractivity contribution is 0.242. The molecule has 1 N–H and O–H groups in total. The molecule has 2 aliphatic rings. The first kappa shape index (κ1) is 28.1. The first-order valence-corrected chi connectivity index (χ1v) is 14.9. The van der Waals surface area contributed by atoms with E-state index in [1.54, 1.807) is 42.6 Å².